The van der Waals surface area contributed by atoms with Crippen LogP contribution in [0, 0.1) is 0 Å². The Morgan fingerprint density at radius 1 is 1.26 bits per heavy atom. The molecule has 2 rings (SSSR count). The van der Waals surface area contributed by atoms with Crippen LogP contribution in [0.2, 0.25) is 0 Å². The summed E-state index contributed by atoms with van der Waals surface area (Å²) in [7, 11) is 3.21. The highest BCUT2D eigenvalue weighted by Gasteiger charge is 2.19. The van der Waals surface area contributed by atoms with E-state index in [0.29, 0.717) is 44.2 Å². The van der Waals surface area contributed by atoms with Gasteiger partial charge in [0, 0.05) is 18.7 Å². The number of benzene rings is 1. The smallest absolute Gasteiger partial charge is 0.225 e. The average molecular weight is 265 g/mol. The molecule has 1 saturated heterocycles. The minimum Gasteiger partial charge on any atom is -0.493 e. The number of carbonyl (C=O) groups is 1. The lowest BCUT2D eigenvalue weighted by Gasteiger charge is -2.21. The molecule has 19 heavy (non-hydrogen) atoms. The van der Waals surface area contributed by atoms with Crippen LogP contribution in [0.3, 0.4) is 0 Å². The molecule has 1 fully saturated rings. The number of nitrogens with zero attached hydrogens (tertiary/aromatic N) is 1. The zero-order valence-electron chi connectivity index (χ0n) is 11.3. The summed E-state index contributed by atoms with van der Waals surface area (Å²) in [6.45, 7) is 2.21. The van der Waals surface area contributed by atoms with Crippen molar-refractivity contribution in [3.05, 3.63) is 23.8 Å². The number of para-hydroxylation sites is 1. The van der Waals surface area contributed by atoms with E-state index in [1.807, 2.05) is 18.2 Å². The van der Waals surface area contributed by atoms with Crippen molar-refractivity contribution in [2.75, 3.05) is 34.0 Å². The Morgan fingerprint density at radius 2 is 2.11 bits per heavy atom. The molecule has 0 spiro atoms. The SMILES string of the molecule is COc1cccc(CN2CCOCCC2=O)c1OC. The van der Waals surface area contributed by atoms with Gasteiger partial charge in [-0.15, -0.1) is 0 Å². The van der Waals surface area contributed by atoms with E-state index in [1.54, 1.807) is 19.1 Å². The van der Waals surface area contributed by atoms with Crippen molar-refractivity contribution in [2.45, 2.75) is 13.0 Å². The fraction of sp³-hybridized carbons (Fsp3) is 0.500. The van der Waals surface area contributed by atoms with Gasteiger partial charge in [-0.2, -0.15) is 0 Å². The average Bonchev–Trinajstić information content (AvgIpc) is 2.64. The Balaban J connectivity index is 2.19. The van der Waals surface area contributed by atoms with Crippen molar-refractivity contribution in [1.29, 1.82) is 0 Å². The number of methoxy groups -OCH3 is 2. The summed E-state index contributed by atoms with van der Waals surface area (Å²) < 4.78 is 16.0. The number of hydrogen-bond donors (Lipinski definition) is 0. The Kier molecular flexibility index (Phi) is 4.63. The van der Waals surface area contributed by atoms with Crippen molar-refractivity contribution >= 4 is 5.91 Å². The molecule has 104 valence electrons. The minimum atomic E-state index is 0.113. The van der Waals surface area contributed by atoms with E-state index in [0.717, 1.165) is 5.56 Å². The van der Waals surface area contributed by atoms with E-state index < -0.39 is 0 Å². The second-order valence-corrected chi connectivity index (χ2v) is 4.33. The zero-order valence-corrected chi connectivity index (χ0v) is 11.3. The Labute approximate surface area is 113 Å². The molecule has 0 atom stereocenters. The second-order valence-electron chi connectivity index (χ2n) is 4.33. The molecule has 0 bridgehead atoms. The third-order valence-electron chi connectivity index (χ3n) is 3.16. The maximum absolute atomic E-state index is 11.9. The summed E-state index contributed by atoms with van der Waals surface area (Å²) in [5, 5.41) is 0. The second kappa shape index (κ2) is 6.43. The van der Waals surface area contributed by atoms with Gasteiger partial charge < -0.3 is 19.1 Å². The quantitative estimate of drug-likeness (QED) is 0.827. The summed E-state index contributed by atoms with van der Waals surface area (Å²) in [6, 6.07) is 5.69. The van der Waals surface area contributed by atoms with Crippen LogP contribution in [0.15, 0.2) is 18.2 Å². The third-order valence-corrected chi connectivity index (χ3v) is 3.16. The van der Waals surface area contributed by atoms with E-state index in [9.17, 15) is 4.79 Å². The van der Waals surface area contributed by atoms with Gasteiger partial charge in [0.25, 0.3) is 0 Å². The molecule has 0 unspecified atom stereocenters. The molecule has 0 aliphatic carbocycles. The number of carbonyl (C=O) groups excluding carboxylic acids is 1. The van der Waals surface area contributed by atoms with Crippen LogP contribution in [-0.2, 0) is 16.1 Å². The lowest BCUT2D eigenvalue weighted by atomic mass is 10.1. The molecule has 1 amide bonds. The van der Waals surface area contributed by atoms with Crippen LogP contribution in [0.4, 0.5) is 0 Å². The van der Waals surface area contributed by atoms with Gasteiger partial charge in [-0.05, 0) is 6.07 Å². The Morgan fingerprint density at radius 3 is 2.84 bits per heavy atom. The first-order valence-corrected chi connectivity index (χ1v) is 6.31. The van der Waals surface area contributed by atoms with E-state index >= 15 is 0 Å². The number of rotatable bonds is 4. The molecule has 0 saturated carbocycles. The first kappa shape index (κ1) is 13.7. The predicted molar refractivity (Wildman–Crippen MR) is 70.4 cm³/mol. The van der Waals surface area contributed by atoms with Crippen molar-refractivity contribution < 1.29 is 19.0 Å². The van der Waals surface area contributed by atoms with Crippen molar-refractivity contribution in [1.82, 2.24) is 4.90 Å². The highest BCUT2D eigenvalue weighted by atomic mass is 16.5. The maximum atomic E-state index is 11.9. The van der Waals surface area contributed by atoms with Gasteiger partial charge in [0.1, 0.15) is 0 Å². The molecule has 1 aliphatic heterocycles. The van der Waals surface area contributed by atoms with E-state index in [2.05, 4.69) is 0 Å². The van der Waals surface area contributed by atoms with Crippen molar-refractivity contribution in [2.24, 2.45) is 0 Å². The zero-order chi connectivity index (χ0) is 13.7. The monoisotopic (exact) mass is 265 g/mol. The molecule has 5 heteroatoms. The van der Waals surface area contributed by atoms with Gasteiger partial charge in [0.05, 0.1) is 33.9 Å². The van der Waals surface area contributed by atoms with Gasteiger partial charge in [0.2, 0.25) is 5.91 Å². The molecular weight excluding hydrogens is 246 g/mol. The number of ether oxygens (including phenoxy) is 3. The summed E-state index contributed by atoms with van der Waals surface area (Å²) in [4.78, 5) is 13.7. The van der Waals surface area contributed by atoms with Gasteiger partial charge in [-0.3, -0.25) is 4.79 Å². The lowest BCUT2D eigenvalue weighted by Crippen LogP contribution is -2.31. The molecule has 1 aromatic carbocycles. The minimum absolute atomic E-state index is 0.113. The third kappa shape index (κ3) is 3.17. The molecule has 1 heterocycles. The molecule has 0 N–H and O–H groups in total. The standard InChI is InChI=1S/C14H19NO4/c1-17-12-5-3-4-11(14(12)18-2)10-15-7-9-19-8-6-13(15)16/h3-5H,6-10H2,1-2H3. The van der Waals surface area contributed by atoms with Gasteiger partial charge in [-0.25, -0.2) is 0 Å². The largest absolute Gasteiger partial charge is 0.493 e. The van der Waals surface area contributed by atoms with Gasteiger partial charge in [0.15, 0.2) is 11.5 Å². The molecule has 5 nitrogen and oxygen atoms in total. The van der Waals surface area contributed by atoms with Crippen molar-refractivity contribution in [3.63, 3.8) is 0 Å². The van der Waals surface area contributed by atoms with Crippen LogP contribution in [0.1, 0.15) is 12.0 Å². The maximum Gasteiger partial charge on any atom is 0.225 e. The highest BCUT2D eigenvalue weighted by molar-refractivity contribution is 5.76. The fourth-order valence-electron chi connectivity index (χ4n) is 2.17. The Hall–Kier alpha value is -1.75. The lowest BCUT2D eigenvalue weighted by molar-refractivity contribution is -0.131. The van der Waals surface area contributed by atoms with Crippen LogP contribution >= 0.6 is 0 Å². The van der Waals surface area contributed by atoms with Crippen molar-refractivity contribution in [3.8, 4) is 11.5 Å². The summed E-state index contributed by atoms with van der Waals surface area (Å²) in [6.07, 6.45) is 0.437. The Bertz CT molecular complexity index is 447. The number of amides is 1. The topological polar surface area (TPSA) is 48.0 Å². The summed E-state index contributed by atoms with van der Waals surface area (Å²) in [5.41, 5.74) is 0.942. The molecular formula is C14H19NO4. The molecule has 0 radical (unpaired) electrons. The molecule has 0 aromatic heterocycles. The predicted octanol–water partition coefficient (Wildman–Crippen LogP) is 1.45. The normalized spacial score (nSPS) is 16.1. The van der Waals surface area contributed by atoms with Crippen LogP contribution in [0.5, 0.6) is 11.5 Å². The number of hydrogen-bond acceptors (Lipinski definition) is 4. The van der Waals surface area contributed by atoms with E-state index in [4.69, 9.17) is 14.2 Å². The molecule has 1 aliphatic rings. The first-order valence-electron chi connectivity index (χ1n) is 6.31. The van der Waals surface area contributed by atoms with E-state index in [-0.39, 0.29) is 5.91 Å². The summed E-state index contributed by atoms with van der Waals surface area (Å²) in [5.74, 6) is 1.48. The van der Waals surface area contributed by atoms with Gasteiger partial charge in [-0.1, -0.05) is 12.1 Å². The fourth-order valence-corrected chi connectivity index (χ4v) is 2.17. The van der Waals surface area contributed by atoms with Crippen LogP contribution in [0.25, 0.3) is 0 Å². The van der Waals surface area contributed by atoms with Crippen LogP contribution < -0.4 is 9.47 Å². The molecule has 1 aromatic rings. The van der Waals surface area contributed by atoms with E-state index in [1.165, 1.54) is 0 Å². The van der Waals surface area contributed by atoms with Crippen LogP contribution in [-0.4, -0.2) is 44.8 Å². The highest BCUT2D eigenvalue weighted by Crippen LogP contribution is 2.31. The van der Waals surface area contributed by atoms with Gasteiger partial charge >= 0.3 is 0 Å². The first-order chi connectivity index (χ1) is 9.26. The summed E-state index contributed by atoms with van der Waals surface area (Å²) >= 11 is 0.